The first-order valence-corrected chi connectivity index (χ1v) is 5.70. The van der Waals surface area contributed by atoms with Crippen molar-refractivity contribution in [1.82, 2.24) is 4.98 Å². The molecular formula is C14H13N3O2. The van der Waals surface area contributed by atoms with Gasteiger partial charge in [-0.15, -0.1) is 10.2 Å². The van der Waals surface area contributed by atoms with Gasteiger partial charge in [0.15, 0.2) is 5.82 Å². The highest BCUT2D eigenvalue weighted by atomic mass is 16.5. The van der Waals surface area contributed by atoms with E-state index >= 15 is 0 Å². The van der Waals surface area contributed by atoms with Crippen LogP contribution in [0.5, 0.6) is 0 Å². The number of methoxy groups -OCH3 is 1. The van der Waals surface area contributed by atoms with E-state index in [1.165, 1.54) is 13.2 Å². The van der Waals surface area contributed by atoms with Crippen LogP contribution in [-0.2, 0) is 9.53 Å². The van der Waals surface area contributed by atoms with E-state index in [-0.39, 0.29) is 0 Å². The van der Waals surface area contributed by atoms with Crippen LogP contribution in [0.1, 0.15) is 5.69 Å². The van der Waals surface area contributed by atoms with Crippen LogP contribution in [0.25, 0.3) is 6.08 Å². The maximum Gasteiger partial charge on any atom is 0.330 e. The van der Waals surface area contributed by atoms with Crippen molar-refractivity contribution in [1.29, 1.82) is 0 Å². The third-order valence-electron chi connectivity index (χ3n) is 2.32. The van der Waals surface area contributed by atoms with Crippen molar-refractivity contribution >= 4 is 23.6 Å². The van der Waals surface area contributed by atoms with Crippen molar-refractivity contribution < 1.29 is 9.53 Å². The highest BCUT2D eigenvalue weighted by Gasteiger charge is 1.96. The average molecular weight is 255 g/mol. The van der Waals surface area contributed by atoms with Gasteiger partial charge in [0, 0.05) is 11.8 Å². The van der Waals surface area contributed by atoms with Crippen molar-refractivity contribution in [3.8, 4) is 0 Å². The standard InChI is InChI=1S/C14H13N3O2/c1-19-14(18)10-8-11-7-9-13(15-11)17-16-12-5-3-2-4-6-12/h2-10,15H,1H3/b10-8-,17-16?. The Labute approximate surface area is 110 Å². The van der Waals surface area contributed by atoms with Gasteiger partial charge in [0.25, 0.3) is 0 Å². The first kappa shape index (κ1) is 12.8. The summed E-state index contributed by atoms with van der Waals surface area (Å²) in [5.41, 5.74) is 1.54. The summed E-state index contributed by atoms with van der Waals surface area (Å²) in [4.78, 5) is 13.9. The van der Waals surface area contributed by atoms with Crippen LogP contribution in [0.2, 0.25) is 0 Å². The van der Waals surface area contributed by atoms with Gasteiger partial charge in [-0.25, -0.2) is 4.79 Å². The molecule has 1 aromatic heterocycles. The molecular weight excluding hydrogens is 242 g/mol. The summed E-state index contributed by atoms with van der Waals surface area (Å²) < 4.78 is 4.50. The molecule has 0 unspecified atom stereocenters. The van der Waals surface area contributed by atoms with Gasteiger partial charge in [0.2, 0.25) is 0 Å². The lowest BCUT2D eigenvalue weighted by molar-refractivity contribution is -0.134. The fourth-order valence-corrected chi connectivity index (χ4v) is 1.39. The van der Waals surface area contributed by atoms with Gasteiger partial charge in [-0.05, 0) is 30.3 Å². The Morgan fingerprint density at radius 2 is 1.95 bits per heavy atom. The van der Waals surface area contributed by atoms with Crippen LogP contribution in [0.15, 0.2) is 58.8 Å². The number of esters is 1. The van der Waals surface area contributed by atoms with E-state index in [2.05, 4.69) is 19.9 Å². The Hall–Kier alpha value is -2.69. The number of benzene rings is 1. The molecule has 5 heteroatoms. The third kappa shape index (κ3) is 3.92. The maximum atomic E-state index is 10.9. The first-order valence-electron chi connectivity index (χ1n) is 5.70. The van der Waals surface area contributed by atoms with Crippen molar-refractivity contribution in [3.63, 3.8) is 0 Å². The second kappa shape index (κ2) is 6.30. The van der Waals surface area contributed by atoms with Gasteiger partial charge in [-0.2, -0.15) is 0 Å². The Balaban J connectivity index is 2.03. The number of nitrogens with one attached hydrogen (secondary N) is 1. The summed E-state index contributed by atoms with van der Waals surface area (Å²) >= 11 is 0. The summed E-state index contributed by atoms with van der Waals surface area (Å²) in [5.74, 6) is 0.218. The number of hydrogen-bond acceptors (Lipinski definition) is 4. The topological polar surface area (TPSA) is 66.8 Å². The number of azo groups is 1. The SMILES string of the molecule is COC(=O)/C=C\c1ccc(N=Nc2ccccc2)[nH]1. The zero-order chi connectivity index (χ0) is 13.5. The minimum Gasteiger partial charge on any atom is -0.466 e. The molecule has 1 aromatic carbocycles. The number of hydrogen-bond donors (Lipinski definition) is 1. The quantitative estimate of drug-likeness (QED) is 0.515. The van der Waals surface area contributed by atoms with Gasteiger partial charge in [-0.1, -0.05) is 18.2 Å². The second-order valence-corrected chi connectivity index (χ2v) is 3.69. The van der Waals surface area contributed by atoms with Crippen LogP contribution in [0, 0.1) is 0 Å². The molecule has 0 bridgehead atoms. The number of ether oxygens (including phenoxy) is 1. The van der Waals surface area contributed by atoms with Crippen LogP contribution >= 0.6 is 0 Å². The molecule has 96 valence electrons. The van der Waals surface area contributed by atoms with E-state index in [1.54, 1.807) is 18.2 Å². The van der Waals surface area contributed by atoms with Crippen molar-refractivity contribution in [2.75, 3.05) is 7.11 Å². The van der Waals surface area contributed by atoms with Crippen LogP contribution in [-0.4, -0.2) is 18.1 Å². The smallest absolute Gasteiger partial charge is 0.330 e. The molecule has 1 N–H and O–H groups in total. The molecule has 0 aliphatic carbocycles. The Kier molecular flexibility index (Phi) is 4.23. The van der Waals surface area contributed by atoms with E-state index in [4.69, 9.17) is 0 Å². The van der Waals surface area contributed by atoms with E-state index in [9.17, 15) is 4.79 Å². The summed E-state index contributed by atoms with van der Waals surface area (Å²) in [6, 6.07) is 13.0. The fourth-order valence-electron chi connectivity index (χ4n) is 1.39. The van der Waals surface area contributed by atoms with E-state index in [1.807, 2.05) is 30.3 Å². The van der Waals surface area contributed by atoms with Crippen LogP contribution in [0.3, 0.4) is 0 Å². The first-order chi connectivity index (χ1) is 9.28. The minimum absolute atomic E-state index is 0.401. The van der Waals surface area contributed by atoms with Crippen molar-refractivity contribution in [2.24, 2.45) is 10.2 Å². The third-order valence-corrected chi connectivity index (χ3v) is 2.32. The Morgan fingerprint density at radius 1 is 1.16 bits per heavy atom. The maximum absolute atomic E-state index is 10.9. The number of H-pyrrole nitrogens is 1. The molecule has 0 radical (unpaired) electrons. The number of carbonyl (C=O) groups excluding carboxylic acids is 1. The highest BCUT2D eigenvalue weighted by molar-refractivity contribution is 5.86. The number of carbonyl (C=O) groups is 1. The lowest BCUT2D eigenvalue weighted by Gasteiger charge is -1.90. The van der Waals surface area contributed by atoms with E-state index in [0.29, 0.717) is 5.82 Å². The van der Waals surface area contributed by atoms with Gasteiger partial charge in [0.1, 0.15) is 0 Å². The largest absolute Gasteiger partial charge is 0.466 e. The zero-order valence-electron chi connectivity index (χ0n) is 10.4. The molecule has 0 saturated heterocycles. The molecule has 2 rings (SSSR count). The highest BCUT2D eigenvalue weighted by Crippen LogP contribution is 2.17. The molecule has 1 heterocycles. The zero-order valence-corrected chi connectivity index (χ0v) is 10.4. The summed E-state index contributed by atoms with van der Waals surface area (Å²) in [6.07, 6.45) is 2.96. The number of aromatic amines is 1. The Morgan fingerprint density at radius 3 is 2.68 bits per heavy atom. The number of aromatic nitrogens is 1. The minimum atomic E-state index is -0.401. The molecule has 0 aliphatic heterocycles. The normalized spacial score (nSPS) is 11.2. The summed E-state index contributed by atoms with van der Waals surface area (Å²) in [6.45, 7) is 0. The summed E-state index contributed by atoms with van der Waals surface area (Å²) in [5, 5.41) is 8.14. The molecule has 0 spiro atoms. The molecule has 0 fully saturated rings. The average Bonchev–Trinajstić information content (AvgIpc) is 2.91. The van der Waals surface area contributed by atoms with Crippen LogP contribution in [0.4, 0.5) is 11.5 Å². The lowest BCUT2D eigenvalue weighted by atomic mass is 10.3. The molecule has 0 amide bonds. The molecule has 0 atom stereocenters. The predicted octanol–water partition coefficient (Wildman–Crippen LogP) is 3.62. The predicted molar refractivity (Wildman–Crippen MR) is 72.5 cm³/mol. The molecule has 5 nitrogen and oxygen atoms in total. The van der Waals surface area contributed by atoms with Gasteiger partial charge in [-0.3, -0.25) is 0 Å². The molecule has 0 saturated carbocycles. The molecule has 2 aromatic rings. The number of nitrogens with zero attached hydrogens (tertiary/aromatic N) is 2. The van der Waals surface area contributed by atoms with Crippen molar-refractivity contribution in [2.45, 2.75) is 0 Å². The van der Waals surface area contributed by atoms with Crippen LogP contribution < -0.4 is 0 Å². The van der Waals surface area contributed by atoms with Gasteiger partial charge in [0.05, 0.1) is 12.8 Å². The summed E-state index contributed by atoms with van der Waals surface area (Å²) in [7, 11) is 1.33. The molecule has 0 aliphatic rings. The van der Waals surface area contributed by atoms with Gasteiger partial charge < -0.3 is 9.72 Å². The van der Waals surface area contributed by atoms with E-state index < -0.39 is 5.97 Å². The van der Waals surface area contributed by atoms with Gasteiger partial charge >= 0.3 is 5.97 Å². The fraction of sp³-hybridized carbons (Fsp3) is 0.0714. The second-order valence-electron chi connectivity index (χ2n) is 3.69. The van der Waals surface area contributed by atoms with E-state index in [0.717, 1.165) is 11.4 Å². The Bertz CT molecular complexity index is 600. The lowest BCUT2D eigenvalue weighted by Crippen LogP contribution is -1.93. The molecule has 19 heavy (non-hydrogen) atoms. The number of rotatable bonds is 4. The monoisotopic (exact) mass is 255 g/mol. The van der Waals surface area contributed by atoms with Crippen molar-refractivity contribution in [3.05, 3.63) is 54.2 Å².